The van der Waals surface area contributed by atoms with E-state index >= 15 is 0 Å². The summed E-state index contributed by atoms with van der Waals surface area (Å²) in [6.45, 7) is 0. The lowest BCUT2D eigenvalue weighted by molar-refractivity contribution is -0.302. The van der Waals surface area contributed by atoms with E-state index in [1.807, 2.05) is 60.7 Å². The van der Waals surface area contributed by atoms with Crippen molar-refractivity contribution in [2.45, 2.75) is 5.60 Å². The summed E-state index contributed by atoms with van der Waals surface area (Å²) < 4.78 is 0. The molecule has 1 heterocycles. The quantitative estimate of drug-likeness (QED) is 0.307. The van der Waals surface area contributed by atoms with E-state index in [2.05, 4.69) is 0 Å². The number of benzene rings is 3. The van der Waals surface area contributed by atoms with E-state index in [9.17, 15) is 19.6 Å². The van der Waals surface area contributed by atoms with Gasteiger partial charge in [-0.1, -0.05) is 72.8 Å². The van der Waals surface area contributed by atoms with Gasteiger partial charge in [0, 0.05) is 17.7 Å². The average molecular weight is 399 g/mol. The van der Waals surface area contributed by atoms with E-state index in [4.69, 9.17) is 4.89 Å². The predicted molar refractivity (Wildman–Crippen MR) is 108 cm³/mol. The number of carbonyl (C=O) groups is 3. The van der Waals surface area contributed by atoms with Crippen LogP contribution in [0.3, 0.4) is 0 Å². The zero-order valence-electron chi connectivity index (χ0n) is 15.8. The molecule has 148 valence electrons. The van der Waals surface area contributed by atoms with Crippen molar-refractivity contribution in [3.8, 4) is 0 Å². The summed E-state index contributed by atoms with van der Waals surface area (Å²) in [6.07, 6.45) is 2.12. The molecule has 0 atom stereocenters. The highest BCUT2D eigenvalue weighted by molar-refractivity contribution is 6.25. The standard InChI is InChI=1S/C24H17NO5/c26-21-15-16-22(27)25(21)23(28)17-11-13-20(14-12-17)24(30-29,18-7-3-1-4-8-18)19-9-5-2-6-10-19/h1-16,29H. The van der Waals surface area contributed by atoms with Crippen molar-refractivity contribution < 1.29 is 24.5 Å². The van der Waals surface area contributed by atoms with E-state index in [0.29, 0.717) is 21.6 Å². The summed E-state index contributed by atoms with van der Waals surface area (Å²) in [5.74, 6) is -2.05. The summed E-state index contributed by atoms with van der Waals surface area (Å²) in [5, 5.41) is 10.1. The van der Waals surface area contributed by atoms with E-state index in [0.717, 1.165) is 12.2 Å². The van der Waals surface area contributed by atoms with Crippen LogP contribution in [0, 0.1) is 0 Å². The minimum Gasteiger partial charge on any atom is -0.269 e. The normalized spacial score (nSPS) is 13.7. The van der Waals surface area contributed by atoms with Gasteiger partial charge in [-0.3, -0.25) is 19.6 Å². The van der Waals surface area contributed by atoms with Gasteiger partial charge < -0.3 is 0 Å². The molecular weight excluding hydrogens is 382 g/mol. The molecule has 0 saturated carbocycles. The minimum absolute atomic E-state index is 0.164. The molecule has 0 radical (unpaired) electrons. The van der Waals surface area contributed by atoms with Gasteiger partial charge in [-0.2, -0.15) is 0 Å². The fourth-order valence-electron chi connectivity index (χ4n) is 3.58. The molecule has 30 heavy (non-hydrogen) atoms. The number of hydrogen-bond acceptors (Lipinski definition) is 5. The number of nitrogens with zero attached hydrogens (tertiary/aromatic N) is 1. The van der Waals surface area contributed by atoms with Gasteiger partial charge in [-0.15, -0.1) is 0 Å². The zero-order valence-corrected chi connectivity index (χ0v) is 15.8. The Morgan fingerprint density at radius 3 is 1.57 bits per heavy atom. The second kappa shape index (κ2) is 7.87. The Balaban J connectivity index is 1.78. The first-order valence-electron chi connectivity index (χ1n) is 9.22. The molecule has 0 aliphatic carbocycles. The molecule has 3 aromatic rings. The number of amides is 3. The van der Waals surface area contributed by atoms with Crippen LogP contribution in [0.15, 0.2) is 97.1 Å². The van der Waals surface area contributed by atoms with Gasteiger partial charge in [-0.05, 0) is 28.8 Å². The molecule has 3 aromatic carbocycles. The van der Waals surface area contributed by atoms with Gasteiger partial charge in [0.25, 0.3) is 17.7 Å². The van der Waals surface area contributed by atoms with E-state index in [1.165, 1.54) is 12.1 Å². The SMILES string of the molecule is O=C1C=CC(=O)N1C(=O)c1ccc(C(OO)(c2ccccc2)c2ccccc2)cc1. The second-order valence-electron chi connectivity index (χ2n) is 6.73. The topological polar surface area (TPSA) is 83.9 Å². The van der Waals surface area contributed by atoms with E-state index < -0.39 is 23.3 Å². The first kappa shape index (κ1) is 19.4. The number of imide groups is 3. The Labute approximate surface area is 172 Å². The van der Waals surface area contributed by atoms with Crippen LogP contribution < -0.4 is 0 Å². The highest BCUT2D eigenvalue weighted by Crippen LogP contribution is 2.39. The third-order valence-electron chi connectivity index (χ3n) is 5.05. The smallest absolute Gasteiger partial charge is 0.267 e. The Morgan fingerprint density at radius 2 is 1.13 bits per heavy atom. The van der Waals surface area contributed by atoms with Gasteiger partial charge in [0.1, 0.15) is 0 Å². The predicted octanol–water partition coefficient (Wildman–Crippen LogP) is 3.53. The van der Waals surface area contributed by atoms with Gasteiger partial charge in [0.2, 0.25) is 0 Å². The molecule has 6 heteroatoms. The molecule has 1 aliphatic rings. The maximum Gasteiger partial charge on any atom is 0.267 e. The van der Waals surface area contributed by atoms with Crippen LogP contribution in [0.5, 0.6) is 0 Å². The number of rotatable bonds is 5. The maximum absolute atomic E-state index is 12.6. The Kier molecular flexibility index (Phi) is 5.10. The van der Waals surface area contributed by atoms with Crippen molar-refractivity contribution in [1.29, 1.82) is 0 Å². The van der Waals surface area contributed by atoms with Crippen LogP contribution in [0.1, 0.15) is 27.0 Å². The van der Waals surface area contributed by atoms with Crippen LogP contribution in [0.2, 0.25) is 0 Å². The first-order chi connectivity index (χ1) is 14.6. The fourth-order valence-corrected chi connectivity index (χ4v) is 3.58. The van der Waals surface area contributed by atoms with Gasteiger partial charge >= 0.3 is 0 Å². The summed E-state index contributed by atoms with van der Waals surface area (Å²) in [5.41, 5.74) is 0.775. The molecule has 3 amide bonds. The van der Waals surface area contributed by atoms with E-state index in [1.54, 1.807) is 12.1 Å². The van der Waals surface area contributed by atoms with Crippen LogP contribution in [0.25, 0.3) is 0 Å². The molecule has 0 saturated heterocycles. The molecule has 6 nitrogen and oxygen atoms in total. The van der Waals surface area contributed by atoms with E-state index in [-0.39, 0.29) is 5.56 Å². The summed E-state index contributed by atoms with van der Waals surface area (Å²) >= 11 is 0. The fraction of sp³-hybridized carbons (Fsp3) is 0.0417. The third kappa shape index (κ3) is 3.14. The zero-order chi connectivity index (χ0) is 21.1. The highest BCUT2D eigenvalue weighted by atomic mass is 17.1. The summed E-state index contributed by atoms with van der Waals surface area (Å²) in [6, 6.07) is 24.6. The van der Waals surface area contributed by atoms with Crippen molar-refractivity contribution in [2.75, 3.05) is 0 Å². The summed E-state index contributed by atoms with van der Waals surface area (Å²) in [7, 11) is 0. The van der Waals surface area contributed by atoms with Crippen LogP contribution in [-0.4, -0.2) is 27.9 Å². The number of hydrogen-bond donors (Lipinski definition) is 1. The maximum atomic E-state index is 12.6. The molecule has 1 N–H and O–H groups in total. The van der Waals surface area contributed by atoms with Gasteiger partial charge in [0.05, 0.1) is 0 Å². The van der Waals surface area contributed by atoms with Gasteiger partial charge in [-0.25, -0.2) is 9.79 Å². The Morgan fingerprint density at radius 1 is 0.700 bits per heavy atom. The molecule has 1 aliphatic heterocycles. The molecule has 0 unspecified atom stereocenters. The Bertz CT molecular complexity index is 1060. The molecular formula is C24H17NO5. The van der Waals surface area contributed by atoms with Crippen LogP contribution in [0.4, 0.5) is 0 Å². The molecule has 0 fully saturated rings. The van der Waals surface area contributed by atoms with Crippen LogP contribution in [-0.2, 0) is 20.1 Å². The van der Waals surface area contributed by atoms with Crippen molar-refractivity contribution >= 4 is 17.7 Å². The van der Waals surface area contributed by atoms with Crippen LogP contribution >= 0.6 is 0 Å². The summed E-state index contributed by atoms with van der Waals surface area (Å²) in [4.78, 5) is 41.9. The minimum atomic E-state index is -1.33. The molecule has 4 rings (SSSR count). The van der Waals surface area contributed by atoms with Crippen molar-refractivity contribution in [3.63, 3.8) is 0 Å². The largest absolute Gasteiger partial charge is 0.269 e. The lowest BCUT2D eigenvalue weighted by atomic mass is 9.80. The lowest BCUT2D eigenvalue weighted by Gasteiger charge is -2.32. The monoisotopic (exact) mass is 399 g/mol. The lowest BCUT2D eigenvalue weighted by Crippen LogP contribution is -2.36. The van der Waals surface area contributed by atoms with Crippen molar-refractivity contribution in [1.82, 2.24) is 4.90 Å². The second-order valence-corrected chi connectivity index (χ2v) is 6.73. The number of carbonyl (C=O) groups excluding carboxylic acids is 3. The Hall–Kier alpha value is -3.87. The van der Waals surface area contributed by atoms with Gasteiger partial charge in [0.15, 0.2) is 5.60 Å². The van der Waals surface area contributed by atoms with Crippen molar-refractivity contribution in [3.05, 3.63) is 119 Å². The average Bonchev–Trinajstić information content (AvgIpc) is 3.14. The molecule has 0 spiro atoms. The molecule has 0 bridgehead atoms. The van der Waals surface area contributed by atoms with Crippen molar-refractivity contribution in [2.24, 2.45) is 0 Å². The highest BCUT2D eigenvalue weighted by Gasteiger charge is 2.39. The molecule has 0 aromatic heterocycles. The third-order valence-corrected chi connectivity index (χ3v) is 5.05. The first-order valence-corrected chi connectivity index (χ1v) is 9.22.